The van der Waals surface area contributed by atoms with Crippen LogP contribution in [0.15, 0.2) is 41.2 Å². The molecule has 23 heavy (non-hydrogen) atoms. The fourth-order valence-electron chi connectivity index (χ4n) is 2.81. The van der Waals surface area contributed by atoms with E-state index in [2.05, 4.69) is 37.5 Å². The number of fused-ring (bicyclic) bond motifs is 1. The van der Waals surface area contributed by atoms with Crippen LogP contribution in [0.25, 0.3) is 0 Å². The molecule has 7 nitrogen and oxygen atoms in total. The predicted molar refractivity (Wildman–Crippen MR) is 88.1 cm³/mol. The molecule has 0 bridgehead atoms. The number of nitrogens with one attached hydrogen (secondary N) is 1. The molecule has 0 saturated carbocycles. The minimum atomic E-state index is 0.491. The van der Waals surface area contributed by atoms with Crippen molar-refractivity contribution < 1.29 is 4.52 Å². The van der Waals surface area contributed by atoms with Crippen LogP contribution in [0.4, 0.5) is 28.8 Å². The van der Waals surface area contributed by atoms with E-state index in [9.17, 15) is 0 Å². The number of rotatable bonds is 3. The molecule has 0 spiro atoms. The SMILES string of the molecule is Cc1cc(Nc2ncnc(N3CCc4ccccc43)c2N)no1. The number of hydrogen-bond acceptors (Lipinski definition) is 7. The minimum absolute atomic E-state index is 0.491. The number of anilines is 5. The van der Waals surface area contributed by atoms with E-state index in [1.807, 2.05) is 19.1 Å². The summed E-state index contributed by atoms with van der Waals surface area (Å²) in [4.78, 5) is 10.7. The molecule has 1 aromatic carbocycles. The first-order valence-corrected chi connectivity index (χ1v) is 7.38. The van der Waals surface area contributed by atoms with Gasteiger partial charge in [-0.3, -0.25) is 0 Å². The zero-order valence-corrected chi connectivity index (χ0v) is 12.7. The van der Waals surface area contributed by atoms with Gasteiger partial charge in [0.25, 0.3) is 0 Å². The van der Waals surface area contributed by atoms with Crippen LogP contribution in [0.5, 0.6) is 0 Å². The molecule has 0 fully saturated rings. The van der Waals surface area contributed by atoms with Crippen LogP contribution in [-0.4, -0.2) is 21.7 Å². The molecule has 0 atom stereocenters. The maximum Gasteiger partial charge on any atom is 0.175 e. The van der Waals surface area contributed by atoms with E-state index < -0.39 is 0 Å². The number of nitrogens with zero attached hydrogens (tertiary/aromatic N) is 4. The van der Waals surface area contributed by atoms with Crippen LogP contribution in [0.2, 0.25) is 0 Å². The van der Waals surface area contributed by atoms with Crippen molar-refractivity contribution in [3.8, 4) is 0 Å². The molecule has 116 valence electrons. The molecular weight excluding hydrogens is 292 g/mol. The van der Waals surface area contributed by atoms with E-state index >= 15 is 0 Å². The van der Waals surface area contributed by atoms with Gasteiger partial charge in [0.15, 0.2) is 17.5 Å². The van der Waals surface area contributed by atoms with E-state index in [0.717, 1.165) is 18.7 Å². The molecule has 0 aliphatic carbocycles. The minimum Gasteiger partial charge on any atom is -0.393 e. The molecule has 0 amide bonds. The molecule has 4 rings (SSSR count). The highest BCUT2D eigenvalue weighted by atomic mass is 16.5. The van der Waals surface area contributed by atoms with Gasteiger partial charge in [0, 0.05) is 18.3 Å². The maximum absolute atomic E-state index is 6.29. The number of aromatic nitrogens is 3. The van der Waals surface area contributed by atoms with Crippen LogP contribution in [-0.2, 0) is 6.42 Å². The topological polar surface area (TPSA) is 93.1 Å². The van der Waals surface area contributed by atoms with Crippen molar-refractivity contribution in [2.75, 3.05) is 22.5 Å². The van der Waals surface area contributed by atoms with E-state index in [1.165, 1.54) is 11.9 Å². The Kier molecular flexibility index (Phi) is 3.11. The van der Waals surface area contributed by atoms with Gasteiger partial charge in [0.2, 0.25) is 0 Å². The molecule has 7 heteroatoms. The Balaban J connectivity index is 1.69. The summed E-state index contributed by atoms with van der Waals surface area (Å²) in [7, 11) is 0. The monoisotopic (exact) mass is 308 g/mol. The van der Waals surface area contributed by atoms with Gasteiger partial charge >= 0.3 is 0 Å². The van der Waals surface area contributed by atoms with Crippen molar-refractivity contribution in [2.45, 2.75) is 13.3 Å². The van der Waals surface area contributed by atoms with E-state index in [1.54, 1.807) is 6.07 Å². The van der Waals surface area contributed by atoms with Gasteiger partial charge in [-0.05, 0) is 25.0 Å². The summed E-state index contributed by atoms with van der Waals surface area (Å²) in [6.07, 6.45) is 2.48. The average Bonchev–Trinajstić information content (AvgIpc) is 3.16. The second-order valence-corrected chi connectivity index (χ2v) is 5.44. The zero-order chi connectivity index (χ0) is 15.8. The van der Waals surface area contributed by atoms with E-state index in [0.29, 0.717) is 28.9 Å². The van der Waals surface area contributed by atoms with Crippen LogP contribution in [0.1, 0.15) is 11.3 Å². The molecule has 1 aliphatic rings. The molecule has 3 N–H and O–H groups in total. The van der Waals surface area contributed by atoms with Crippen molar-refractivity contribution >= 4 is 28.8 Å². The number of nitrogens with two attached hydrogens (primary N) is 1. The van der Waals surface area contributed by atoms with Gasteiger partial charge < -0.3 is 20.5 Å². The van der Waals surface area contributed by atoms with Crippen LogP contribution < -0.4 is 16.0 Å². The number of nitrogen functional groups attached to an aromatic ring is 1. The van der Waals surface area contributed by atoms with Crippen LogP contribution >= 0.6 is 0 Å². The Labute approximate surface area is 133 Å². The lowest BCUT2D eigenvalue weighted by Gasteiger charge is -2.20. The van der Waals surface area contributed by atoms with Crippen molar-refractivity contribution in [1.29, 1.82) is 0 Å². The lowest BCUT2D eigenvalue weighted by molar-refractivity contribution is 0.400. The standard InChI is InChI=1S/C16H16N6O/c1-10-8-13(21-23-10)20-15-14(17)16(19-9-18-15)22-7-6-11-4-2-3-5-12(11)22/h2-5,8-9H,6-7,17H2,1H3,(H,18,19,20,21). The van der Waals surface area contributed by atoms with Crippen LogP contribution in [0, 0.1) is 6.92 Å². The smallest absolute Gasteiger partial charge is 0.175 e. The lowest BCUT2D eigenvalue weighted by atomic mass is 10.2. The van der Waals surface area contributed by atoms with Gasteiger partial charge in [-0.25, -0.2) is 9.97 Å². The Morgan fingerprint density at radius 1 is 1.26 bits per heavy atom. The molecule has 1 aliphatic heterocycles. The third kappa shape index (κ3) is 2.36. The summed E-state index contributed by atoms with van der Waals surface area (Å²) in [5.41, 5.74) is 9.22. The zero-order valence-electron chi connectivity index (χ0n) is 12.7. The Bertz CT molecular complexity index is 859. The highest BCUT2D eigenvalue weighted by Crippen LogP contribution is 2.37. The normalized spacial score (nSPS) is 13.2. The third-order valence-corrected chi connectivity index (χ3v) is 3.88. The summed E-state index contributed by atoms with van der Waals surface area (Å²) in [6.45, 7) is 2.68. The highest BCUT2D eigenvalue weighted by Gasteiger charge is 2.24. The first kappa shape index (κ1) is 13.6. The summed E-state index contributed by atoms with van der Waals surface area (Å²) >= 11 is 0. The maximum atomic E-state index is 6.29. The van der Waals surface area contributed by atoms with Gasteiger partial charge in [-0.15, -0.1) is 0 Å². The molecule has 2 aromatic heterocycles. The fourth-order valence-corrected chi connectivity index (χ4v) is 2.81. The summed E-state index contributed by atoms with van der Waals surface area (Å²) < 4.78 is 5.05. The van der Waals surface area contributed by atoms with Crippen molar-refractivity contribution in [3.63, 3.8) is 0 Å². The van der Waals surface area contributed by atoms with Gasteiger partial charge in [0.1, 0.15) is 17.8 Å². The second kappa shape index (κ2) is 5.28. The highest BCUT2D eigenvalue weighted by molar-refractivity contribution is 5.82. The number of para-hydroxylation sites is 1. The Morgan fingerprint density at radius 2 is 2.13 bits per heavy atom. The van der Waals surface area contributed by atoms with Gasteiger partial charge in [-0.1, -0.05) is 23.4 Å². The molecule has 0 radical (unpaired) electrons. The lowest BCUT2D eigenvalue weighted by Crippen LogP contribution is -2.17. The summed E-state index contributed by atoms with van der Waals surface area (Å²) in [5.74, 6) is 2.51. The first-order valence-electron chi connectivity index (χ1n) is 7.38. The second-order valence-electron chi connectivity index (χ2n) is 5.44. The molecule has 3 aromatic rings. The molecular formula is C16H16N6O. The van der Waals surface area contributed by atoms with Crippen LogP contribution in [0.3, 0.4) is 0 Å². The van der Waals surface area contributed by atoms with Crippen molar-refractivity contribution in [3.05, 3.63) is 48.0 Å². The number of hydrogen-bond donors (Lipinski definition) is 2. The Morgan fingerprint density at radius 3 is 2.96 bits per heavy atom. The predicted octanol–water partition coefficient (Wildman–Crippen LogP) is 2.79. The number of benzene rings is 1. The third-order valence-electron chi connectivity index (χ3n) is 3.88. The van der Waals surface area contributed by atoms with E-state index in [4.69, 9.17) is 10.3 Å². The summed E-state index contributed by atoms with van der Waals surface area (Å²) in [6, 6.07) is 10.1. The molecule has 0 saturated heterocycles. The average molecular weight is 308 g/mol. The first-order chi connectivity index (χ1) is 11.2. The quantitative estimate of drug-likeness (QED) is 0.768. The molecule has 0 unspecified atom stereocenters. The van der Waals surface area contributed by atoms with Gasteiger partial charge in [0.05, 0.1) is 0 Å². The fraction of sp³-hybridized carbons (Fsp3) is 0.188. The van der Waals surface area contributed by atoms with Crippen molar-refractivity contribution in [1.82, 2.24) is 15.1 Å². The number of aryl methyl sites for hydroxylation is 1. The molecule has 3 heterocycles. The Hall–Kier alpha value is -3.09. The largest absolute Gasteiger partial charge is 0.393 e. The van der Waals surface area contributed by atoms with Gasteiger partial charge in [-0.2, -0.15) is 0 Å². The van der Waals surface area contributed by atoms with E-state index in [-0.39, 0.29) is 0 Å². The summed E-state index contributed by atoms with van der Waals surface area (Å²) in [5, 5.41) is 6.97. The van der Waals surface area contributed by atoms with Crippen molar-refractivity contribution in [2.24, 2.45) is 0 Å².